The Balaban J connectivity index is 1.98. The molecule has 1 aromatic carbocycles. The van der Waals surface area contributed by atoms with Gasteiger partial charge in [-0.25, -0.2) is 0 Å². The molecule has 2 rings (SSSR count). The average Bonchev–Trinajstić information content (AvgIpc) is 2.00. The van der Waals surface area contributed by atoms with Gasteiger partial charge in [0.2, 0.25) is 0 Å². The molecule has 2 N–H and O–H groups in total. The van der Waals surface area contributed by atoms with Gasteiger partial charge >= 0.3 is 0 Å². The zero-order chi connectivity index (χ0) is 8.39. The monoisotopic (exact) mass is 162 g/mol. The Morgan fingerprint density at radius 3 is 2.42 bits per heavy atom. The molecule has 12 heavy (non-hydrogen) atoms. The van der Waals surface area contributed by atoms with E-state index in [1.54, 1.807) is 0 Å². The van der Waals surface area contributed by atoms with Gasteiger partial charge in [0, 0.05) is 18.8 Å². The van der Waals surface area contributed by atoms with E-state index in [1.165, 1.54) is 11.3 Å². The minimum absolute atomic E-state index is 0.632. The fourth-order valence-corrected chi connectivity index (χ4v) is 1.28. The maximum Gasteiger partial charge on any atom is 0.0510 e. The number of benzene rings is 1. The van der Waals surface area contributed by atoms with Crippen LogP contribution >= 0.6 is 0 Å². The van der Waals surface area contributed by atoms with Gasteiger partial charge in [0.05, 0.1) is 6.04 Å². The summed E-state index contributed by atoms with van der Waals surface area (Å²) < 4.78 is 0. The largest absolute Gasteiger partial charge is 0.380 e. The Labute approximate surface area is 73.0 Å². The van der Waals surface area contributed by atoms with E-state index >= 15 is 0 Å². The van der Waals surface area contributed by atoms with E-state index in [-0.39, 0.29) is 0 Å². The highest BCUT2D eigenvalue weighted by Gasteiger charge is 2.15. The predicted octanol–water partition coefficient (Wildman–Crippen LogP) is 1.38. The molecule has 0 atom stereocenters. The summed E-state index contributed by atoms with van der Waals surface area (Å²) >= 11 is 0. The average molecular weight is 162 g/mol. The van der Waals surface area contributed by atoms with E-state index < -0.39 is 0 Å². The van der Waals surface area contributed by atoms with Crippen LogP contribution in [-0.2, 0) is 0 Å². The van der Waals surface area contributed by atoms with Crippen LogP contribution in [0.5, 0.6) is 0 Å². The van der Waals surface area contributed by atoms with Gasteiger partial charge in [0.1, 0.15) is 0 Å². The molecule has 0 aliphatic carbocycles. The summed E-state index contributed by atoms with van der Waals surface area (Å²) in [7, 11) is 0. The molecule has 64 valence electrons. The molecular formula is C10H14N2. The molecule has 1 aliphatic heterocycles. The van der Waals surface area contributed by atoms with Crippen LogP contribution in [-0.4, -0.2) is 19.1 Å². The summed E-state index contributed by atoms with van der Waals surface area (Å²) in [6, 6.07) is 9.16. The van der Waals surface area contributed by atoms with Gasteiger partial charge < -0.3 is 10.6 Å². The molecule has 1 aliphatic rings. The third kappa shape index (κ3) is 1.59. The van der Waals surface area contributed by atoms with Crippen molar-refractivity contribution >= 4 is 5.69 Å². The maximum absolute atomic E-state index is 3.44. The normalized spacial score (nSPS) is 17.1. The van der Waals surface area contributed by atoms with Crippen molar-refractivity contribution in [3.8, 4) is 0 Å². The van der Waals surface area contributed by atoms with Gasteiger partial charge in [-0.1, -0.05) is 17.7 Å². The molecule has 0 unspecified atom stereocenters. The second kappa shape index (κ2) is 3.15. The summed E-state index contributed by atoms with van der Waals surface area (Å²) in [5.41, 5.74) is 2.54. The van der Waals surface area contributed by atoms with E-state index in [4.69, 9.17) is 0 Å². The summed E-state index contributed by atoms with van der Waals surface area (Å²) in [6.07, 6.45) is 0. The molecule has 0 spiro atoms. The predicted molar refractivity (Wildman–Crippen MR) is 51.5 cm³/mol. The van der Waals surface area contributed by atoms with Gasteiger partial charge in [-0.05, 0) is 19.1 Å². The van der Waals surface area contributed by atoms with Crippen LogP contribution in [0.3, 0.4) is 0 Å². The standard InChI is InChI=1S/C10H14N2/c1-8-2-4-9(5-3-8)12-10-6-11-7-10/h2-5,10-12H,6-7H2,1H3. The molecule has 0 amide bonds. The number of rotatable bonds is 2. The lowest BCUT2D eigenvalue weighted by molar-refractivity contribution is 0.472. The van der Waals surface area contributed by atoms with Crippen molar-refractivity contribution in [3.05, 3.63) is 29.8 Å². The van der Waals surface area contributed by atoms with E-state index in [0.29, 0.717) is 6.04 Å². The van der Waals surface area contributed by atoms with E-state index in [1.807, 2.05) is 0 Å². The van der Waals surface area contributed by atoms with Crippen molar-refractivity contribution in [3.63, 3.8) is 0 Å². The van der Waals surface area contributed by atoms with E-state index in [0.717, 1.165) is 13.1 Å². The van der Waals surface area contributed by atoms with Crippen LogP contribution in [0.4, 0.5) is 5.69 Å². The van der Waals surface area contributed by atoms with Crippen LogP contribution in [0.2, 0.25) is 0 Å². The van der Waals surface area contributed by atoms with Gasteiger partial charge in [-0.15, -0.1) is 0 Å². The Hall–Kier alpha value is -1.02. The van der Waals surface area contributed by atoms with Gasteiger partial charge in [0.25, 0.3) is 0 Å². The van der Waals surface area contributed by atoms with Crippen LogP contribution < -0.4 is 10.6 Å². The first-order chi connectivity index (χ1) is 5.84. The van der Waals surface area contributed by atoms with Crippen molar-refractivity contribution < 1.29 is 0 Å². The second-order valence-electron chi connectivity index (χ2n) is 3.37. The number of aryl methyl sites for hydroxylation is 1. The zero-order valence-corrected chi connectivity index (χ0v) is 7.30. The number of hydrogen-bond donors (Lipinski definition) is 2. The fourth-order valence-electron chi connectivity index (χ4n) is 1.28. The molecule has 0 radical (unpaired) electrons. The first-order valence-corrected chi connectivity index (χ1v) is 4.38. The van der Waals surface area contributed by atoms with Crippen molar-refractivity contribution in [1.29, 1.82) is 0 Å². The third-order valence-electron chi connectivity index (χ3n) is 2.20. The second-order valence-corrected chi connectivity index (χ2v) is 3.37. The molecule has 2 heteroatoms. The highest BCUT2D eigenvalue weighted by Crippen LogP contribution is 2.10. The third-order valence-corrected chi connectivity index (χ3v) is 2.20. The van der Waals surface area contributed by atoms with Gasteiger partial charge in [0.15, 0.2) is 0 Å². The number of nitrogens with one attached hydrogen (secondary N) is 2. The molecule has 0 saturated carbocycles. The van der Waals surface area contributed by atoms with E-state index in [9.17, 15) is 0 Å². The van der Waals surface area contributed by atoms with Gasteiger partial charge in [-0.3, -0.25) is 0 Å². The highest BCUT2D eigenvalue weighted by atomic mass is 15.1. The first-order valence-electron chi connectivity index (χ1n) is 4.38. The van der Waals surface area contributed by atoms with Crippen molar-refractivity contribution in [2.75, 3.05) is 18.4 Å². The van der Waals surface area contributed by atoms with Crippen LogP contribution in [0.1, 0.15) is 5.56 Å². The molecule has 0 bridgehead atoms. The molecule has 1 saturated heterocycles. The fraction of sp³-hybridized carbons (Fsp3) is 0.400. The molecule has 2 nitrogen and oxygen atoms in total. The van der Waals surface area contributed by atoms with Crippen LogP contribution in [0.15, 0.2) is 24.3 Å². The Kier molecular flexibility index (Phi) is 2.00. The van der Waals surface area contributed by atoms with Crippen LogP contribution in [0, 0.1) is 6.92 Å². The van der Waals surface area contributed by atoms with Crippen molar-refractivity contribution in [2.24, 2.45) is 0 Å². The van der Waals surface area contributed by atoms with Crippen LogP contribution in [0.25, 0.3) is 0 Å². The number of anilines is 1. The lowest BCUT2D eigenvalue weighted by atomic mass is 10.1. The lowest BCUT2D eigenvalue weighted by Crippen LogP contribution is -2.51. The Morgan fingerprint density at radius 2 is 1.92 bits per heavy atom. The summed E-state index contributed by atoms with van der Waals surface area (Å²) in [6.45, 7) is 4.29. The quantitative estimate of drug-likeness (QED) is 0.686. The molecule has 0 aromatic heterocycles. The lowest BCUT2D eigenvalue weighted by Gasteiger charge is -2.28. The molecule has 1 heterocycles. The highest BCUT2D eigenvalue weighted by molar-refractivity contribution is 5.45. The van der Waals surface area contributed by atoms with E-state index in [2.05, 4.69) is 41.8 Å². The molecule has 1 aromatic rings. The minimum atomic E-state index is 0.632. The zero-order valence-electron chi connectivity index (χ0n) is 7.30. The molecular weight excluding hydrogens is 148 g/mol. The minimum Gasteiger partial charge on any atom is -0.380 e. The summed E-state index contributed by atoms with van der Waals surface area (Å²) in [4.78, 5) is 0. The van der Waals surface area contributed by atoms with Crippen molar-refractivity contribution in [1.82, 2.24) is 5.32 Å². The Bertz CT molecular complexity index is 249. The Morgan fingerprint density at radius 1 is 1.25 bits per heavy atom. The SMILES string of the molecule is Cc1ccc(NC2CNC2)cc1. The number of hydrogen-bond acceptors (Lipinski definition) is 2. The summed E-state index contributed by atoms with van der Waals surface area (Å²) in [5, 5.41) is 6.67. The topological polar surface area (TPSA) is 24.1 Å². The first kappa shape index (κ1) is 7.62. The molecule has 1 fully saturated rings. The van der Waals surface area contributed by atoms with Crippen molar-refractivity contribution in [2.45, 2.75) is 13.0 Å². The summed E-state index contributed by atoms with van der Waals surface area (Å²) in [5.74, 6) is 0. The maximum atomic E-state index is 3.44. The van der Waals surface area contributed by atoms with Gasteiger partial charge in [-0.2, -0.15) is 0 Å². The smallest absolute Gasteiger partial charge is 0.0510 e.